The zero-order chi connectivity index (χ0) is 30.5. The number of halogens is 3. The summed E-state index contributed by atoms with van der Waals surface area (Å²) >= 11 is 0. The van der Waals surface area contributed by atoms with Gasteiger partial charge in [-0.2, -0.15) is 13.2 Å². The summed E-state index contributed by atoms with van der Waals surface area (Å²) in [6.07, 6.45) is -4.44. The molecule has 1 aromatic heterocycles. The van der Waals surface area contributed by atoms with Gasteiger partial charge >= 0.3 is 31.1 Å². The van der Waals surface area contributed by atoms with E-state index in [1.807, 2.05) is 32.9 Å². The molecule has 3 aromatic rings. The molecule has 13 heteroatoms. The summed E-state index contributed by atoms with van der Waals surface area (Å²) in [5.41, 5.74) is 0.953. The van der Waals surface area contributed by atoms with Gasteiger partial charge in [0, 0.05) is 56.1 Å². The molecule has 1 amide bonds. The summed E-state index contributed by atoms with van der Waals surface area (Å²) in [7, 11) is 0. The SMILES string of the molecule is CC(C)(C)OC(=O)N1CCN(c2ccc(Nc3ncc(C(F)(F)F)c(CCc4ccccc4CC(=O)[O-])n3)cc2)CC1.[Li+]. The number of piperazine rings is 1. The summed E-state index contributed by atoms with van der Waals surface area (Å²) in [5.74, 6) is -1.25. The van der Waals surface area contributed by atoms with Crippen molar-refractivity contribution in [1.82, 2.24) is 14.9 Å². The van der Waals surface area contributed by atoms with E-state index in [-0.39, 0.29) is 55.9 Å². The number of nitrogens with zero attached hydrogens (tertiary/aromatic N) is 4. The third-order valence-electron chi connectivity index (χ3n) is 6.68. The van der Waals surface area contributed by atoms with E-state index in [1.54, 1.807) is 41.3 Å². The molecule has 1 aliphatic rings. The zero-order valence-electron chi connectivity index (χ0n) is 24.7. The van der Waals surface area contributed by atoms with E-state index in [0.717, 1.165) is 11.9 Å². The van der Waals surface area contributed by atoms with Gasteiger partial charge in [0.2, 0.25) is 5.95 Å². The number of anilines is 3. The first kappa shape index (κ1) is 33.7. The Morgan fingerprint density at radius 2 is 1.58 bits per heavy atom. The molecule has 0 bridgehead atoms. The topological polar surface area (TPSA) is 111 Å². The number of carbonyl (C=O) groups is 2. The second-order valence-corrected chi connectivity index (χ2v) is 11.0. The van der Waals surface area contributed by atoms with Crippen LogP contribution in [0.4, 0.5) is 35.3 Å². The van der Waals surface area contributed by atoms with Crippen molar-refractivity contribution in [2.45, 2.75) is 51.8 Å². The summed E-state index contributed by atoms with van der Waals surface area (Å²) in [6.45, 7) is 7.79. The second kappa shape index (κ2) is 14.1. The first-order valence-electron chi connectivity index (χ1n) is 13.6. The van der Waals surface area contributed by atoms with Crippen molar-refractivity contribution >= 4 is 29.4 Å². The van der Waals surface area contributed by atoms with Crippen molar-refractivity contribution in [2.75, 3.05) is 36.4 Å². The maximum absolute atomic E-state index is 13.7. The Balaban J connectivity index is 0.00000506. The van der Waals surface area contributed by atoms with Crippen molar-refractivity contribution in [3.63, 3.8) is 0 Å². The van der Waals surface area contributed by atoms with Crippen LogP contribution in [0.15, 0.2) is 54.7 Å². The Hall–Kier alpha value is -3.75. The minimum atomic E-state index is -4.65. The van der Waals surface area contributed by atoms with Crippen LogP contribution in [0.1, 0.15) is 43.2 Å². The van der Waals surface area contributed by atoms with E-state index in [1.165, 1.54) is 0 Å². The molecular weight excluding hydrogens is 558 g/mol. The first-order valence-corrected chi connectivity index (χ1v) is 13.6. The van der Waals surface area contributed by atoms with Crippen LogP contribution in [0.2, 0.25) is 0 Å². The molecule has 9 nitrogen and oxygen atoms in total. The maximum Gasteiger partial charge on any atom is 1.00 e. The van der Waals surface area contributed by atoms with Gasteiger partial charge in [0.1, 0.15) is 5.60 Å². The average molecular weight is 592 g/mol. The van der Waals surface area contributed by atoms with Gasteiger partial charge in [0.15, 0.2) is 0 Å². The average Bonchev–Trinajstić information content (AvgIpc) is 2.91. The van der Waals surface area contributed by atoms with Crippen molar-refractivity contribution < 1.29 is 51.5 Å². The van der Waals surface area contributed by atoms with Gasteiger partial charge in [0.05, 0.1) is 11.3 Å². The van der Waals surface area contributed by atoms with E-state index in [2.05, 4.69) is 20.2 Å². The predicted molar refractivity (Wildman–Crippen MR) is 149 cm³/mol. The van der Waals surface area contributed by atoms with Crippen LogP contribution in [0.3, 0.4) is 0 Å². The summed E-state index contributed by atoms with van der Waals surface area (Å²) in [4.78, 5) is 35.3. The summed E-state index contributed by atoms with van der Waals surface area (Å²) in [6, 6.07) is 14.0. The van der Waals surface area contributed by atoms with Crippen molar-refractivity contribution in [1.29, 1.82) is 0 Å². The molecule has 1 aliphatic heterocycles. The summed E-state index contributed by atoms with van der Waals surface area (Å²) in [5, 5.41) is 14.0. The zero-order valence-corrected chi connectivity index (χ0v) is 24.7. The third-order valence-corrected chi connectivity index (χ3v) is 6.68. The number of aromatic nitrogens is 2. The molecule has 224 valence electrons. The Bertz CT molecular complexity index is 1410. The number of aryl methyl sites for hydroxylation is 2. The number of amides is 1. The van der Waals surface area contributed by atoms with Crippen molar-refractivity contribution in [3.05, 3.63) is 77.1 Å². The van der Waals surface area contributed by atoms with Gasteiger partial charge in [-0.1, -0.05) is 24.3 Å². The van der Waals surface area contributed by atoms with Gasteiger partial charge in [-0.3, -0.25) is 0 Å². The molecule has 2 aromatic carbocycles. The minimum Gasteiger partial charge on any atom is -0.550 e. The number of ether oxygens (including phenoxy) is 1. The number of rotatable bonds is 8. The fourth-order valence-corrected chi connectivity index (χ4v) is 4.65. The molecule has 1 saturated heterocycles. The Morgan fingerprint density at radius 1 is 0.953 bits per heavy atom. The molecule has 0 radical (unpaired) electrons. The normalized spacial score (nSPS) is 13.7. The predicted octanol–water partition coefficient (Wildman–Crippen LogP) is 1.38. The van der Waals surface area contributed by atoms with Gasteiger partial charge in [0.25, 0.3) is 0 Å². The quantitative estimate of drug-likeness (QED) is 0.392. The van der Waals surface area contributed by atoms with Crippen LogP contribution in [0.25, 0.3) is 0 Å². The van der Waals surface area contributed by atoms with Crippen LogP contribution < -0.4 is 34.2 Å². The number of hydrogen-bond donors (Lipinski definition) is 1. The van der Waals surface area contributed by atoms with Crippen molar-refractivity contribution in [2.24, 2.45) is 0 Å². The molecule has 0 spiro atoms. The molecule has 2 heterocycles. The van der Waals surface area contributed by atoms with Crippen LogP contribution in [0.5, 0.6) is 0 Å². The van der Waals surface area contributed by atoms with Gasteiger partial charge < -0.3 is 29.8 Å². The number of nitrogens with one attached hydrogen (secondary N) is 1. The van der Waals surface area contributed by atoms with Gasteiger partial charge in [-0.05, 0) is 69.0 Å². The standard InChI is InChI=1S/C30H34F3N5O4.Li/c1-29(2,3)42-28(41)38-16-14-37(15-17-38)23-11-9-22(10-12-23)35-27-34-19-24(30(31,32)33)25(36-27)13-8-20-6-4-5-7-21(20)18-26(39)40;/h4-7,9-12,19H,8,13-18H2,1-3H3,(H,39,40)(H,34,35,36);/q;+1/p-1. The third kappa shape index (κ3) is 9.63. The summed E-state index contributed by atoms with van der Waals surface area (Å²) < 4.78 is 46.6. The van der Waals surface area contributed by atoms with E-state index in [4.69, 9.17) is 4.74 Å². The fraction of sp³-hybridized carbons (Fsp3) is 0.400. The number of alkyl halides is 3. The number of carboxylic acids is 1. The molecule has 0 unspecified atom stereocenters. The number of aliphatic carboxylic acids is 1. The number of benzene rings is 2. The Kier molecular flexibility index (Phi) is 11.1. The second-order valence-electron chi connectivity index (χ2n) is 11.0. The van der Waals surface area contributed by atoms with Crippen LogP contribution in [-0.4, -0.2) is 58.7 Å². The minimum absolute atomic E-state index is 0. The van der Waals surface area contributed by atoms with Crippen LogP contribution in [-0.2, 0) is 35.0 Å². The molecule has 1 fully saturated rings. The molecule has 0 saturated carbocycles. The Labute approximate surface area is 260 Å². The molecule has 1 N–H and O–H groups in total. The first-order chi connectivity index (χ1) is 19.8. The van der Waals surface area contributed by atoms with Gasteiger partial charge in [-0.15, -0.1) is 0 Å². The van der Waals surface area contributed by atoms with Gasteiger partial charge in [-0.25, -0.2) is 14.8 Å². The molecular formula is C30H33F3LiN5O4. The molecule has 4 rings (SSSR count). The number of hydrogen-bond acceptors (Lipinski definition) is 8. The van der Waals surface area contributed by atoms with E-state index in [0.29, 0.717) is 43.0 Å². The van der Waals surface area contributed by atoms with E-state index < -0.39 is 23.3 Å². The molecule has 0 atom stereocenters. The maximum atomic E-state index is 13.7. The Morgan fingerprint density at radius 3 is 2.16 bits per heavy atom. The fourth-order valence-electron chi connectivity index (χ4n) is 4.65. The number of carboxylic acid groups (broad SMARTS) is 1. The van der Waals surface area contributed by atoms with E-state index >= 15 is 0 Å². The number of carbonyl (C=O) groups excluding carboxylic acids is 2. The largest absolute Gasteiger partial charge is 1.00 e. The van der Waals surface area contributed by atoms with Crippen LogP contribution >= 0.6 is 0 Å². The smallest absolute Gasteiger partial charge is 0.550 e. The molecule has 43 heavy (non-hydrogen) atoms. The van der Waals surface area contributed by atoms with Crippen LogP contribution in [0, 0.1) is 0 Å². The molecule has 0 aliphatic carbocycles. The van der Waals surface area contributed by atoms with Crippen molar-refractivity contribution in [3.8, 4) is 0 Å². The monoisotopic (exact) mass is 591 g/mol. The van der Waals surface area contributed by atoms with E-state index in [9.17, 15) is 27.9 Å².